The van der Waals surface area contributed by atoms with Crippen LogP contribution in [-0.2, 0) is 16.6 Å². The van der Waals surface area contributed by atoms with Crippen LogP contribution >= 0.6 is 22.6 Å². The molecule has 2 unspecified atom stereocenters. The summed E-state index contributed by atoms with van der Waals surface area (Å²) in [6.45, 7) is 0.204. The number of benzene rings is 1. The van der Waals surface area contributed by atoms with Crippen LogP contribution < -0.4 is 5.63 Å². The number of ether oxygens (including phenoxy) is 1. The van der Waals surface area contributed by atoms with Crippen molar-refractivity contribution in [2.45, 2.75) is 5.92 Å². The molecule has 1 saturated heterocycles. The van der Waals surface area contributed by atoms with Crippen molar-refractivity contribution in [2.75, 3.05) is 13.2 Å². The molecule has 0 N–H and O–H groups in total. The average molecular weight is 442 g/mol. The van der Waals surface area contributed by atoms with Crippen molar-refractivity contribution in [3.8, 4) is 0 Å². The van der Waals surface area contributed by atoms with Gasteiger partial charge in [0, 0.05) is 16.5 Å². The fourth-order valence-electron chi connectivity index (χ4n) is 3.34. The Hall–Kier alpha value is -1.81. The van der Waals surface area contributed by atoms with E-state index in [0.29, 0.717) is 26.2 Å². The predicted molar refractivity (Wildman–Crippen MR) is 91.3 cm³/mol. The summed E-state index contributed by atoms with van der Waals surface area (Å²) in [5, 5.41) is 0. The lowest BCUT2D eigenvalue weighted by molar-refractivity contribution is -0.127. The van der Waals surface area contributed by atoms with Gasteiger partial charge in [0.05, 0.1) is 23.8 Å². The monoisotopic (exact) mass is 442 g/mol. The molecule has 1 fully saturated rings. The molecule has 2 atom stereocenters. The molecule has 0 aliphatic carbocycles. The molecule has 8 heteroatoms. The third kappa shape index (κ3) is 2.27. The van der Waals surface area contributed by atoms with Crippen LogP contribution in [0.1, 0.15) is 17.0 Å². The number of hydrogen-bond acceptors (Lipinski definition) is 5. The molecular weight excluding hydrogens is 430 g/mol. The van der Waals surface area contributed by atoms with Gasteiger partial charge in [-0.15, -0.1) is 0 Å². The van der Waals surface area contributed by atoms with Gasteiger partial charge in [-0.3, -0.25) is 4.79 Å². The van der Waals surface area contributed by atoms with Crippen molar-refractivity contribution in [1.82, 2.24) is 4.74 Å². The number of carbonyl (C=O) groups is 1. The molecule has 1 aromatic carbocycles. The first-order valence-electron chi connectivity index (χ1n) is 7.30. The molecule has 24 heavy (non-hydrogen) atoms. The number of ketones is 1. The van der Waals surface area contributed by atoms with Crippen LogP contribution in [-0.4, -0.2) is 29.4 Å². The molecule has 0 bridgehead atoms. The molecule has 3 heterocycles. The molecule has 2 aliphatic heterocycles. The zero-order chi connectivity index (χ0) is 17.0. The van der Waals surface area contributed by atoms with E-state index in [1.807, 2.05) is 22.6 Å². The third-order valence-electron chi connectivity index (χ3n) is 4.38. The van der Waals surface area contributed by atoms with Gasteiger partial charge in [0.2, 0.25) is 0 Å². The number of rotatable bonds is 1. The van der Waals surface area contributed by atoms with Gasteiger partial charge in [0.1, 0.15) is 12.4 Å². The minimum Gasteiger partial charge on any atom is -0.368 e. The van der Waals surface area contributed by atoms with Crippen LogP contribution in [0.2, 0.25) is 0 Å². The highest BCUT2D eigenvalue weighted by molar-refractivity contribution is 14.1. The second kappa shape index (κ2) is 5.62. The van der Waals surface area contributed by atoms with Crippen molar-refractivity contribution in [1.29, 1.82) is 0 Å². The van der Waals surface area contributed by atoms with E-state index in [9.17, 15) is 14.0 Å². The average Bonchev–Trinajstić information content (AvgIpc) is 2.83. The molecule has 0 amide bonds. The van der Waals surface area contributed by atoms with Gasteiger partial charge in [-0.1, -0.05) is 6.07 Å². The van der Waals surface area contributed by atoms with Gasteiger partial charge >= 0.3 is 5.63 Å². The summed E-state index contributed by atoms with van der Waals surface area (Å²) in [6.07, 6.45) is 0. The summed E-state index contributed by atoms with van der Waals surface area (Å²) in [6, 6.07) is 4.60. The van der Waals surface area contributed by atoms with Gasteiger partial charge in [0.15, 0.2) is 11.6 Å². The Bertz CT molecular complexity index is 946. The standard InChI is InChI=1S/C16H12FIN2O4/c1-20-15-14(16(22)24-20)12(7-2-3-8(17)9(18)4-7)13-10(19-15)5-23-6-11(13)21/h2-4,12-13H,5-6H2,1H3. The summed E-state index contributed by atoms with van der Waals surface area (Å²) in [7, 11) is 1.58. The lowest BCUT2D eigenvalue weighted by Gasteiger charge is -2.33. The number of nitrogens with zero attached hydrogens (tertiary/aromatic N) is 2. The first kappa shape index (κ1) is 15.7. The maximum Gasteiger partial charge on any atom is 0.363 e. The van der Waals surface area contributed by atoms with E-state index in [-0.39, 0.29) is 24.8 Å². The lowest BCUT2D eigenvalue weighted by Crippen LogP contribution is -2.43. The Labute approximate surface area is 149 Å². The van der Waals surface area contributed by atoms with E-state index in [1.54, 1.807) is 19.2 Å². The zero-order valence-electron chi connectivity index (χ0n) is 12.6. The quantitative estimate of drug-likeness (QED) is 0.635. The molecule has 1 aromatic heterocycles. The second-order valence-corrected chi connectivity index (χ2v) is 6.97. The maximum atomic E-state index is 13.7. The van der Waals surface area contributed by atoms with Gasteiger partial charge in [-0.2, -0.15) is 4.74 Å². The molecule has 0 radical (unpaired) electrons. The van der Waals surface area contributed by atoms with E-state index >= 15 is 0 Å². The molecule has 0 spiro atoms. The lowest BCUT2D eigenvalue weighted by atomic mass is 9.74. The largest absolute Gasteiger partial charge is 0.368 e. The minimum absolute atomic E-state index is 0.0219. The molecule has 2 aliphatic rings. The highest BCUT2D eigenvalue weighted by atomic mass is 127. The highest BCUT2D eigenvalue weighted by Gasteiger charge is 2.44. The van der Waals surface area contributed by atoms with Gasteiger partial charge in [-0.25, -0.2) is 14.2 Å². The zero-order valence-corrected chi connectivity index (χ0v) is 14.7. The normalized spacial score (nSPS) is 22.8. The Kier molecular flexibility index (Phi) is 3.68. The van der Waals surface area contributed by atoms with E-state index < -0.39 is 17.5 Å². The number of aryl methyl sites for hydroxylation is 1. The summed E-state index contributed by atoms with van der Waals surface area (Å²) >= 11 is 1.89. The van der Waals surface area contributed by atoms with Crippen molar-refractivity contribution < 1.29 is 18.4 Å². The predicted octanol–water partition coefficient (Wildman–Crippen LogP) is 2.16. The number of halogens is 2. The van der Waals surface area contributed by atoms with Crippen molar-refractivity contribution in [3.63, 3.8) is 0 Å². The van der Waals surface area contributed by atoms with Crippen molar-refractivity contribution >= 4 is 39.9 Å². The first-order valence-corrected chi connectivity index (χ1v) is 8.38. The van der Waals surface area contributed by atoms with Crippen LogP contribution in [0.15, 0.2) is 32.5 Å². The minimum atomic E-state index is -0.585. The van der Waals surface area contributed by atoms with Crippen LogP contribution in [0, 0.1) is 15.3 Å². The fraction of sp³-hybridized carbons (Fsp3) is 0.312. The Balaban J connectivity index is 1.98. The van der Waals surface area contributed by atoms with Gasteiger partial charge in [0.25, 0.3) is 0 Å². The Morgan fingerprint density at radius 3 is 2.83 bits per heavy atom. The molecule has 2 aromatic rings. The smallest absolute Gasteiger partial charge is 0.363 e. The number of carbonyl (C=O) groups excluding carboxylic acids is 1. The summed E-state index contributed by atoms with van der Waals surface area (Å²) in [5.74, 6) is -1.23. The van der Waals surface area contributed by atoms with E-state index in [4.69, 9.17) is 9.26 Å². The highest BCUT2D eigenvalue weighted by Crippen LogP contribution is 2.42. The fourth-order valence-corrected chi connectivity index (χ4v) is 3.88. The SMILES string of the molecule is Cn1oc(=O)c2c1N=C1COCC(=O)C1C2c1ccc(F)c(I)c1. The molecule has 4 rings (SSSR count). The van der Waals surface area contributed by atoms with Gasteiger partial charge in [-0.05, 0) is 40.3 Å². The van der Waals surface area contributed by atoms with E-state index in [2.05, 4.69) is 4.99 Å². The first-order chi connectivity index (χ1) is 11.5. The summed E-state index contributed by atoms with van der Waals surface area (Å²) in [4.78, 5) is 29.2. The van der Waals surface area contributed by atoms with Crippen LogP contribution in [0.4, 0.5) is 10.2 Å². The van der Waals surface area contributed by atoms with Crippen LogP contribution in [0.25, 0.3) is 0 Å². The number of aliphatic imine (C=N–C) groups is 1. The molecule has 6 nitrogen and oxygen atoms in total. The summed E-state index contributed by atoms with van der Waals surface area (Å²) < 4.78 is 25.8. The van der Waals surface area contributed by atoms with Crippen LogP contribution in [0.3, 0.4) is 0 Å². The van der Waals surface area contributed by atoms with Crippen molar-refractivity contribution in [3.05, 3.63) is 49.1 Å². The van der Waals surface area contributed by atoms with Crippen molar-refractivity contribution in [2.24, 2.45) is 18.0 Å². The Morgan fingerprint density at radius 2 is 2.08 bits per heavy atom. The number of Topliss-reactive ketones (excluding diaryl/α,β-unsaturated/α-hetero) is 1. The maximum absolute atomic E-state index is 13.7. The topological polar surface area (TPSA) is 73.8 Å². The third-order valence-corrected chi connectivity index (χ3v) is 5.20. The number of hydrogen-bond donors (Lipinski definition) is 0. The molecular formula is C16H12FIN2O4. The molecule has 124 valence electrons. The Morgan fingerprint density at radius 1 is 1.29 bits per heavy atom. The second-order valence-electron chi connectivity index (χ2n) is 5.80. The van der Waals surface area contributed by atoms with E-state index in [1.165, 1.54) is 10.8 Å². The number of fused-ring (bicyclic) bond motifs is 2. The summed E-state index contributed by atoms with van der Waals surface area (Å²) in [5.41, 5.74) is 1.07. The van der Waals surface area contributed by atoms with Crippen LogP contribution in [0.5, 0.6) is 0 Å². The molecule has 0 saturated carbocycles. The van der Waals surface area contributed by atoms with E-state index in [0.717, 1.165) is 0 Å². The number of aromatic nitrogens is 1. The van der Waals surface area contributed by atoms with Gasteiger partial charge < -0.3 is 9.26 Å².